The van der Waals surface area contributed by atoms with Crippen LogP contribution in [0.4, 0.5) is 0 Å². The molecule has 0 amide bonds. The van der Waals surface area contributed by atoms with Gasteiger partial charge in [0.1, 0.15) is 0 Å². The number of aliphatic imine (C=N–C) groups is 1. The van der Waals surface area contributed by atoms with Crippen molar-refractivity contribution >= 4 is 50.3 Å². The van der Waals surface area contributed by atoms with E-state index in [2.05, 4.69) is 160 Å². The molecule has 8 rings (SSSR count). The fraction of sp³-hybridized carbons (Fsp3) is 0.0263. The molecule has 0 radical (unpaired) electrons. The molecule has 0 N–H and O–H groups in total. The lowest BCUT2D eigenvalue weighted by Crippen LogP contribution is -1.95. The molecular weight excluding hydrogens is 498 g/mol. The lowest BCUT2D eigenvalue weighted by Gasteiger charge is -2.10. The minimum Gasteiger partial charge on any atom is -0.309 e. The third-order valence-corrected chi connectivity index (χ3v) is 8.16. The van der Waals surface area contributed by atoms with Gasteiger partial charge in [0.15, 0.2) is 0 Å². The summed E-state index contributed by atoms with van der Waals surface area (Å²) in [6.07, 6.45) is 0. The Kier molecular flexibility index (Phi) is 5.36. The molecule has 2 heterocycles. The highest BCUT2D eigenvalue weighted by molar-refractivity contribution is 6.12. The van der Waals surface area contributed by atoms with Gasteiger partial charge < -0.3 is 9.13 Å². The summed E-state index contributed by atoms with van der Waals surface area (Å²) in [5.41, 5.74) is 10.7. The second kappa shape index (κ2) is 9.35. The van der Waals surface area contributed by atoms with Crippen LogP contribution in [-0.4, -0.2) is 15.9 Å². The number of para-hydroxylation sites is 3. The summed E-state index contributed by atoms with van der Waals surface area (Å²) in [7, 11) is 0. The van der Waals surface area contributed by atoms with E-state index in [0.29, 0.717) is 6.54 Å². The largest absolute Gasteiger partial charge is 0.309 e. The zero-order valence-corrected chi connectivity index (χ0v) is 22.5. The van der Waals surface area contributed by atoms with Crippen molar-refractivity contribution in [2.45, 2.75) is 6.54 Å². The number of aromatic nitrogens is 2. The van der Waals surface area contributed by atoms with E-state index in [0.717, 1.165) is 11.3 Å². The minimum atomic E-state index is 0.609. The molecule has 41 heavy (non-hydrogen) atoms. The van der Waals surface area contributed by atoms with E-state index in [1.807, 2.05) is 0 Å². The van der Waals surface area contributed by atoms with Crippen LogP contribution in [-0.2, 0) is 6.54 Å². The standard InChI is InChI=1S/C38H27N3/c1-39-25-26-10-9-13-30(22-26)41-36-17-8-6-15-32(36)34-24-28(19-21-38(34)41)27-18-20-37-33(23-27)31-14-5-7-16-35(31)40(37)29-11-3-2-4-12-29/h2-24H,1,25H2. The van der Waals surface area contributed by atoms with Gasteiger partial charge in [0.25, 0.3) is 0 Å². The van der Waals surface area contributed by atoms with Gasteiger partial charge >= 0.3 is 0 Å². The van der Waals surface area contributed by atoms with Crippen LogP contribution < -0.4 is 0 Å². The van der Waals surface area contributed by atoms with E-state index < -0.39 is 0 Å². The molecule has 3 nitrogen and oxygen atoms in total. The number of rotatable bonds is 5. The number of benzene rings is 6. The number of hydrogen-bond acceptors (Lipinski definition) is 1. The Morgan fingerprint density at radius 2 is 0.951 bits per heavy atom. The van der Waals surface area contributed by atoms with Gasteiger partial charge in [-0.2, -0.15) is 0 Å². The average Bonchev–Trinajstić information content (AvgIpc) is 3.54. The van der Waals surface area contributed by atoms with Crippen LogP contribution in [0.1, 0.15) is 5.56 Å². The summed E-state index contributed by atoms with van der Waals surface area (Å²) in [6.45, 7) is 4.29. The smallest absolute Gasteiger partial charge is 0.0633 e. The molecule has 194 valence electrons. The molecule has 0 spiro atoms. The van der Waals surface area contributed by atoms with E-state index in [9.17, 15) is 0 Å². The Morgan fingerprint density at radius 3 is 1.56 bits per heavy atom. The maximum absolute atomic E-state index is 4.10. The zero-order valence-electron chi connectivity index (χ0n) is 22.5. The highest BCUT2D eigenvalue weighted by atomic mass is 15.0. The van der Waals surface area contributed by atoms with E-state index in [1.54, 1.807) is 0 Å². The Labute approximate surface area is 238 Å². The molecule has 0 saturated heterocycles. The Morgan fingerprint density at radius 1 is 0.439 bits per heavy atom. The molecule has 0 saturated carbocycles. The number of fused-ring (bicyclic) bond motifs is 6. The molecule has 6 aromatic carbocycles. The van der Waals surface area contributed by atoms with Gasteiger partial charge in [-0.3, -0.25) is 4.99 Å². The fourth-order valence-corrected chi connectivity index (χ4v) is 6.36. The summed E-state index contributed by atoms with van der Waals surface area (Å²) in [6, 6.07) is 50.3. The van der Waals surface area contributed by atoms with E-state index >= 15 is 0 Å². The normalized spacial score (nSPS) is 11.6. The SMILES string of the molecule is C=NCc1cccc(-n2c3ccccc3c3cc(-c4ccc5c(c4)c4ccccc4n5-c4ccccc4)ccc32)c1. The summed E-state index contributed by atoms with van der Waals surface area (Å²) in [4.78, 5) is 4.10. The van der Waals surface area contributed by atoms with Gasteiger partial charge in [-0.05, 0) is 84.1 Å². The maximum Gasteiger partial charge on any atom is 0.0633 e. The third kappa shape index (κ3) is 3.70. The second-order valence-electron chi connectivity index (χ2n) is 10.6. The maximum atomic E-state index is 4.10. The van der Waals surface area contributed by atoms with Crippen molar-refractivity contribution in [1.29, 1.82) is 0 Å². The lowest BCUT2D eigenvalue weighted by molar-refractivity contribution is 1.07. The third-order valence-electron chi connectivity index (χ3n) is 8.16. The minimum absolute atomic E-state index is 0.609. The van der Waals surface area contributed by atoms with Crippen molar-refractivity contribution in [3.8, 4) is 22.5 Å². The van der Waals surface area contributed by atoms with Crippen LogP contribution in [0.2, 0.25) is 0 Å². The summed E-state index contributed by atoms with van der Waals surface area (Å²) in [5, 5.41) is 5.02. The van der Waals surface area contributed by atoms with Gasteiger partial charge in [0.2, 0.25) is 0 Å². The van der Waals surface area contributed by atoms with Crippen LogP contribution in [0, 0.1) is 0 Å². The monoisotopic (exact) mass is 525 g/mol. The van der Waals surface area contributed by atoms with Gasteiger partial charge in [-0.25, -0.2) is 0 Å². The van der Waals surface area contributed by atoms with Gasteiger partial charge in [0, 0.05) is 32.9 Å². The molecular formula is C38H27N3. The van der Waals surface area contributed by atoms with Crippen LogP contribution in [0.3, 0.4) is 0 Å². The highest BCUT2D eigenvalue weighted by Crippen LogP contribution is 2.38. The summed E-state index contributed by atoms with van der Waals surface area (Å²) in [5.74, 6) is 0. The molecule has 0 bridgehead atoms. The van der Waals surface area contributed by atoms with Crippen molar-refractivity contribution in [2.75, 3.05) is 0 Å². The molecule has 0 aliphatic carbocycles. The average molecular weight is 526 g/mol. The molecule has 0 aliphatic heterocycles. The first-order chi connectivity index (χ1) is 20.3. The van der Waals surface area contributed by atoms with Crippen molar-refractivity contribution in [3.05, 3.63) is 145 Å². The molecule has 0 fully saturated rings. The van der Waals surface area contributed by atoms with E-state index in [1.165, 1.54) is 60.4 Å². The predicted octanol–water partition coefficient (Wildman–Crippen LogP) is 9.75. The molecule has 0 atom stereocenters. The summed E-state index contributed by atoms with van der Waals surface area (Å²) >= 11 is 0. The van der Waals surface area contributed by atoms with Crippen LogP contribution >= 0.6 is 0 Å². The van der Waals surface area contributed by atoms with Gasteiger partial charge in [-0.1, -0.05) is 78.9 Å². The molecule has 0 aliphatic rings. The highest BCUT2D eigenvalue weighted by Gasteiger charge is 2.16. The van der Waals surface area contributed by atoms with Crippen LogP contribution in [0.5, 0.6) is 0 Å². The number of nitrogens with zero attached hydrogens (tertiary/aromatic N) is 3. The predicted molar refractivity (Wildman–Crippen MR) is 174 cm³/mol. The Hall–Kier alpha value is -5.41. The molecule has 2 aromatic heterocycles. The van der Waals surface area contributed by atoms with E-state index in [-0.39, 0.29) is 0 Å². The first kappa shape index (κ1) is 23.5. The molecule has 0 unspecified atom stereocenters. The second-order valence-corrected chi connectivity index (χ2v) is 10.6. The molecule has 3 heteroatoms. The summed E-state index contributed by atoms with van der Waals surface area (Å²) < 4.78 is 4.72. The topological polar surface area (TPSA) is 22.2 Å². The Bertz CT molecular complexity index is 2250. The van der Waals surface area contributed by atoms with Gasteiger partial charge in [-0.15, -0.1) is 0 Å². The van der Waals surface area contributed by atoms with Gasteiger partial charge in [0.05, 0.1) is 28.6 Å². The lowest BCUT2D eigenvalue weighted by atomic mass is 10.0. The quantitative estimate of drug-likeness (QED) is 0.200. The molecule has 8 aromatic rings. The van der Waals surface area contributed by atoms with Crippen molar-refractivity contribution < 1.29 is 0 Å². The van der Waals surface area contributed by atoms with E-state index in [4.69, 9.17) is 0 Å². The van der Waals surface area contributed by atoms with Crippen molar-refractivity contribution in [2.24, 2.45) is 4.99 Å². The first-order valence-electron chi connectivity index (χ1n) is 13.9. The zero-order chi connectivity index (χ0) is 27.3. The van der Waals surface area contributed by atoms with Crippen molar-refractivity contribution in [3.63, 3.8) is 0 Å². The number of hydrogen-bond donors (Lipinski definition) is 0. The van der Waals surface area contributed by atoms with Crippen LogP contribution in [0.25, 0.3) is 66.1 Å². The Balaban J connectivity index is 1.33. The fourth-order valence-electron chi connectivity index (χ4n) is 6.36. The van der Waals surface area contributed by atoms with Crippen LogP contribution in [0.15, 0.2) is 145 Å². The first-order valence-corrected chi connectivity index (χ1v) is 13.9. The van der Waals surface area contributed by atoms with Crippen molar-refractivity contribution in [1.82, 2.24) is 9.13 Å².